The number of aromatic amines is 1. The number of methoxy groups -OCH3 is 1. The van der Waals surface area contributed by atoms with Gasteiger partial charge in [-0.05, 0) is 36.1 Å². The monoisotopic (exact) mass is 341 g/mol. The fourth-order valence-corrected chi connectivity index (χ4v) is 3.37. The van der Waals surface area contributed by atoms with E-state index in [4.69, 9.17) is 4.74 Å². The van der Waals surface area contributed by atoms with Gasteiger partial charge in [0.25, 0.3) is 5.56 Å². The second-order valence-electron chi connectivity index (χ2n) is 6.35. The van der Waals surface area contributed by atoms with Crippen LogP contribution in [-0.4, -0.2) is 38.3 Å². The molecule has 0 amide bonds. The summed E-state index contributed by atoms with van der Waals surface area (Å²) in [6, 6.07) is 5.74. The number of hydrogen-bond acceptors (Lipinski definition) is 6. The predicted octanol–water partition coefficient (Wildman–Crippen LogP) is 0.911. The SMILES string of the molecule is COc1ccc2c(c1)C(O)(CNc1nc3ncn(C)c3c(=O)[nH]1)CC2. The van der Waals surface area contributed by atoms with Gasteiger partial charge in [0, 0.05) is 7.05 Å². The summed E-state index contributed by atoms with van der Waals surface area (Å²) in [6.45, 7) is 0.231. The maximum atomic E-state index is 12.2. The van der Waals surface area contributed by atoms with Gasteiger partial charge in [-0.1, -0.05) is 6.07 Å². The molecule has 4 rings (SSSR count). The van der Waals surface area contributed by atoms with Crippen molar-refractivity contribution in [2.45, 2.75) is 18.4 Å². The topological polar surface area (TPSA) is 105 Å². The van der Waals surface area contributed by atoms with Crippen molar-refractivity contribution in [1.82, 2.24) is 19.5 Å². The summed E-state index contributed by atoms with van der Waals surface area (Å²) in [5.74, 6) is 1.00. The summed E-state index contributed by atoms with van der Waals surface area (Å²) in [6.07, 6.45) is 2.93. The van der Waals surface area contributed by atoms with Crippen molar-refractivity contribution in [3.8, 4) is 5.75 Å². The van der Waals surface area contributed by atoms with E-state index < -0.39 is 5.60 Å². The molecule has 8 heteroatoms. The Hall–Kier alpha value is -2.87. The molecule has 2 aromatic heterocycles. The quantitative estimate of drug-likeness (QED) is 0.651. The predicted molar refractivity (Wildman–Crippen MR) is 92.8 cm³/mol. The van der Waals surface area contributed by atoms with Crippen molar-refractivity contribution in [3.63, 3.8) is 0 Å². The Morgan fingerprint density at radius 1 is 1.48 bits per heavy atom. The molecule has 0 aliphatic heterocycles. The van der Waals surface area contributed by atoms with Crippen LogP contribution in [0.2, 0.25) is 0 Å². The third kappa shape index (κ3) is 2.54. The van der Waals surface area contributed by atoms with Gasteiger partial charge in [0.1, 0.15) is 11.4 Å². The van der Waals surface area contributed by atoms with Gasteiger partial charge in [-0.3, -0.25) is 9.78 Å². The van der Waals surface area contributed by atoms with E-state index in [1.165, 1.54) is 0 Å². The highest BCUT2D eigenvalue weighted by Crippen LogP contribution is 2.38. The zero-order valence-corrected chi connectivity index (χ0v) is 14.0. The molecule has 0 fully saturated rings. The molecule has 8 nitrogen and oxygen atoms in total. The first kappa shape index (κ1) is 15.6. The Bertz CT molecular complexity index is 1010. The Morgan fingerprint density at radius 2 is 2.32 bits per heavy atom. The molecule has 1 aliphatic carbocycles. The van der Waals surface area contributed by atoms with Gasteiger partial charge < -0.3 is 19.7 Å². The zero-order chi connectivity index (χ0) is 17.6. The lowest BCUT2D eigenvalue weighted by Crippen LogP contribution is -2.32. The number of fused-ring (bicyclic) bond motifs is 2. The number of anilines is 1. The third-order valence-electron chi connectivity index (χ3n) is 4.76. The van der Waals surface area contributed by atoms with Crippen LogP contribution in [0.5, 0.6) is 5.75 Å². The molecule has 1 aromatic carbocycles. The van der Waals surface area contributed by atoms with Gasteiger partial charge in [-0.15, -0.1) is 0 Å². The maximum absolute atomic E-state index is 12.2. The standard InChI is InChI=1S/C17H19N5O3/c1-22-9-19-14-13(22)15(23)21-16(20-14)18-8-17(24)6-5-10-3-4-11(25-2)7-12(10)17/h3-4,7,9,24H,5-6,8H2,1-2H3,(H2,18,20,21,23). The molecule has 3 N–H and O–H groups in total. The number of nitrogens with one attached hydrogen (secondary N) is 2. The lowest BCUT2D eigenvalue weighted by atomic mass is 9.96. The average molecular weight is 341 g/mol. The van der Waals surface area contributed by atoms with Gasteiger partial charge in [0.05, 0.1) is 20.0 Å². The van der Waals surface area contributed by atoms with Crippen LogP contribution in [-0.2, 0) is 19.1 Å². The van der Waals surface area contributed by atoms with E-state index in [1.807, 2.05) is 18.2 Å². The summed E-state index contributed by atoms with van der Waals surface area (Å²) in [7, 11) is 3.34. The molecule has 0 spiro atoms. The minimum atomic E-state index is -1.04. The summed E-state index contributed by atoms with van der Waals surface area (Å²) >= 11 is 0. The molecule has 0 saturated carbocycles. The van der Waals surface area contributed by atoms with E-state index in [-0.39, 0.29) is 12.1 Å². The Labute approximate surface area is 143 Å². The Balaban J connectivity index is 1.61. The molecular weight excluding hydrogens is 322 g/mol. The number of ether oxygens (including phenoxy) is 1. The smallest absolute Gasteiger partial charge is 0.278 e. The van der Waals surface area contributed by atoms with Crippen molar-refractivity contribution in [3.05, 3.63) is 46.0 Å². The van der Waals surface area contributed by atoms with Gasteiger partial charge in [-0.2, -0.15) is 4.98 Å². The fourth-order valence-electron chi connectivity index (χ4n) is 3.37. The number of aromatic nitrogens is 4. The highest BCUT2D eigenvalue weighted by molar-refractivity contribution is 5.70. The molecule has 1 atom stereocenters. The Kier molecular flexibility index (Phi) is 3.50. The third-order valence-corrected chi connectivity index (χ3v) is 4.76. The van der Waals surface area contributed by atoms with Gasteiger partial charge in [0.15, 0.2) is 11.2 Å². The Morgan fingerprint density at radius 3 is 3.12 bits per heavy atom. The molecule has 3 aromatic rings. The van der Waals surface area contributed by atoms with Crippen LogP contribution >= 0.6 is 0 Å². The highest BCUT2D eigenvalue weighted by Gasteiger charge is 2.37. The van der Waals surface area contributed by atoms with Gasteiger partial charge >= 0.3 is 0 Å². The van der Waals surface area contributed by atoms with Crippen molar-refractivity contribution in [2.75, 3.05) is 19.0 Å². The molecule has 0 bridgehead atoms. The van der Waals surface area contributed by atoms with Crippen molar-refractivity contribution < 1.29 is 9.84 Å². The van der Waals surface area contributed by atoms with E-state index in [9.17, 15) is 9.90 Å². The lowest BCUT2D eigenvalue weighted by molar-refractivity contribution is 0.0523. The van der Waals surface area contributed by atoms with E-state index in [0.29, 0.717) is 29.3 Å². The first-order valence-corrected chi connectivity index (χ1v) is 8.05. The van der Waals surface area contributed by atoms with E-state index >= 15 is 0 Å². The minimum Gasteiger partial charge on any atom is -0.497 e. The summed E-state index contributed by atoms with van der Waals surface area (Å²) in [5, 5.41) is 14.1. The number of H-pyrrole nitrogens is 1. The highest BCUT2D eigenvalue weighted by atomic mass is 16.5. The van der Waals surface area contributed by atoms with Crippen LogP contribution in [0.3, 0.4) is 0 Å². The maximum Gasteiger partial charge on any atom is 0.278 e. The normalized spacial score (nSPS) is 19.2. The van der Waals surface area contributed by atoms with E-state index in [0.717, 1.165) is 17.5 Å². The largest absolute Gasteiger partial charge is 0.497 e. The molecular formula is C17H19N5O3. The fraction of sp³-hybridized carbons (Fsp3) is 0.353. The number of rotatable bonds is 4. The van der Waals surface area contributed by atoms with Crippen LogP contribution < -0.4 is 15.6 Å². The van der Waals surface area contributed by atoms with Crippen LogP contribution in [0.1, 0.15) is 17.5 Å². The van der Waals surface area contributed by atoms with Crippen LogP contribution in [0.15, 0.2) is 29.3 Å². The number of nitrogens with zero attached hydrogens (tertiary/aromatic N) is 3. The molecule has 0 saturated heterocycles. The van der Waals surface area contributed by atoms with Gasteiger partial charge in [-0.25, -0.2) is 4.98 Å². The summed E-state index contributed by atoms with van der Waals surface area (Å²) in [5.41, 5.74) is 1.43. The number of aryl methyl sites for hydroxylation is 2. The average Bonchev–Trinajstić information content (AvgIpc) is 3.14. The summed E-state index contributed by atoms with van der Waals surface area (Å²) in [4.78, 5) is 23.3. The van der Waals surface area contributed by atoms with E-state index in [1.54, 1.807) is 25.1 Å². The number of hydrogen-bond donors (Lipinski definition) is 3. The number of imidazole rings is 1. The molecule has 1 aliphatic rings. The number of aliphatic hydroxyl groups is 1. The molecule has 130 valence electrons. The second kappa shape index (κ2) is 5.59. The molecule has 0 radical (unpaired) electrons. The molecule has 2 heterocycles. The van der Waals surface area contributed by atoms with Crippen LogP contribution in [0.25, 0.3) is 11.2 Å². The van der Waals surface area contributed by atoms with Crippen LogP contribution in [0, 0.1) is 0 Å². The van der Waals surface area contributed by atoms with E-state index in [2.05, 4.69) is 20.3 Å². The van der Waals surface area contributed by atoms with Crippen molar-refractivity contribution in [1.29, 1.82) is 0 Å². The minimum absolute atomic E-state index is 0.231. The second-order valence-corrected chi connectivity index (χ2v) is 6.35. The van der Waals surface area contributed by atoms with Crippen molar-refractivity contribution in [2.24, 2.45) is 7.05 Å². The van der Waals surface area contributed by atoms with Crippen molar-refractivity contribution >= 4 is 17.1 Å². The number of benzene rings is 1. The first-order valence-electron chi connectivity index (χ1n) is 8.05. The molecule has 25 heavy (non-hydrogen) atoms. The molecule has 1 unspecified atom stereocenters. The van der Waals surface area contributed by atoms with Gasteiger partial charge in [0.2, 0.25) is 5.95 Å². The zero-order valence-electron chi connectivity index (χ0n) is 14.0. The van der Waals surface area contributed by atoms with Crippen LogP contribution in [0.4, 0.5) is 5.95 Å². The lowest BCUT2D eigenvalue weighted by Gasteiger charge is -2.24. The summed E-state index contributed by atoms with van der Waals surface area (Å²) < 4.78 is 6.88. The first-order chi connectivity index (χ1) is 12.0.